The lowest BCUT2D eigenvalue weighted by Gasteiger charge is -1.99. The molecule has 1 N–H and O–H groups in total. The van der Waals surface area contributed by atoms with Crippen molar-refractivity contribution in [3.63, 3.8) is 0 Å². The molecule has 0 bridgehead atoms. The number of rotatable bonds is 9. The number of aliphatic hydroxyl groups is 1. The van der Waals surface area contributed by atoms with Gasteiger partial charge in [0.05, 0.1) is 6.61 Å². The lowest BCUT2D eigenvalue weighted by atomic mass is 10.1. The molecule has 0 heterocycles. The zero-order valence-electron chi connectivity index (χ0n) is 7.60. The number of unbranched alkanes of at least 4 members (excludes halogenated alkanes) is 6. The van der Waals surface area contributed by atoms with Gasteiger partial charge >= 0.3 is 0 Å². The highest BCUT2D eigenvalue weighted by atomic mass is 127. The Morgan fingerprint density at radius 1 is 0.833 bits per heavy atom. The van der Waals surface area contributed by atoms with Crippen LogP contribution in [0, 0.1) is 0 Å². The Labute approximate surface area is 89.4 Å². The van der Waals surface area contributed by atoms with E-state index in [1.54, 1.807) is 0 Å². The predicted molar refractivity (Wildman–Crippen MR) is 59.4 cm³/mol. The van der Waals surface area contributed by atoms with Crippen molar-refractivity contribution in [3.05, 3.63) is 0 Å². The Morgan fingerprint density at radius 2 is 1.33 bits per heavy atom. The van der Waals surface area contributed by atoms with Crippen molar-refractivity contribution in [1.29, 1.82) is 0 Å². The molecule has 0 spiro atoms. The fourth-order valence-corrected chi connectivity index (χ4v) is 1.46. The zero-order valence-corrected chi connectivity index (χ0v) is 9.75. The summed E-state index contributed by atoms with van der Waals surface area (Å²) in [7, 11) is 0. The largest absolute Gasteiger partial charge is 0.396 e. The summed E-state index contributed by atoms with van der Waals surface area (Å²) in [5, 5.41) is 8.52. The van der Waals surface area contributed by atoms with Gasteiger partial charge in [-0.1, -0.05) is 32.1 Å². The molecule has 0 unspecified atom stereocenters. The first-order valence-electron chi connectivity index (χ1n) is 4.76. The van der Waals surface area contributed by atoms with Gasteiger partial charge in [0.25, 0.3) is 0 Å². The summed E-state index contributed by atoms with van der Waals surface area (Å²) in [4.78, 5) is 0. The summed E-state index contributed by atoms with van der Waals surface area (Å²) in [6.45, 7) is 1.24. The van der Waals surface area contributed by atoms with Crippen molar-refractivity contribution in [2.24, 2.45) is 0 Å². The second kappa shape index (κ2) is 11.6. The molecule has 0 rings (SSSR count). The van der Waals surface area contributed by atoms with E-state index >= 15 is 0 Å². The van der Waals surface area contributed by atoms with E-state index in [0.29, 0.717) is 6.61 Å². The average Bonchev–Trinajstić information content (AvgIpc) is 2.10. The molecular formula is C9H19IO2. The van der Waals surface area contributed by atoms with E-state index in [1.165, 1.54) is 38.5 Å². The van der Waals surface area contributed by atoms with Crippen LogP contribution in [0.5, 0.6) is 0 Å². The summed E-state index contributed by atoms with van der Waals surface area (Å²) in [6.07, 6.45) is 8.50. The van der Waals surface area contributed by atoms with Crippen LogP contribution in [-0.2, 0) is 3.07 Å². The minimum absolute atomic E-state index is 0.350. The third-order valence-corrected chi connectivity index (χ3v) is 2.32. The van der Waals surface area contributed by atoms with Gasteiger partial charge < -0.3 is 8.17 Å². The van der Waals surface area contributed by atoms with Crippen LogP contribution in [0.15, 0.2) is 0 Å². The highest BCUT2D eigenvalue weighted by Crippen LogP contribution is 2.07. The van der Waals surface area contributed by atoms with Gasteiger partial charge in [-0.3, -0.25) is 0 Å². The van der Waals surface area contributed by atoms with Crippen LogP contribution in [0.4, 0.5) is 0 Å². The first kappa shape index (κ1) is 12.7. The van der Waals surface area contributed by atoms with Crippen LogP contribution in [0.2, 0.25) is 0 Å². The molecule has 2 nitrogen and oxygen atoms in total. The quantitative estimate of drug-likeness (QED) is 0.521. The standard InChI is InChI=1S/C9H19IO2/c10-12-9-7-5-3-1-2-4-6-8-11/h11H,1-9H2. The molecular weight excluding hydrogens is 267 g/mol. The minimum Gasteiger partial charge on any atom is -0.396 e. The number of hydrogen-bond donors (Lipinski definition) is 1. The van der Waals surface area contributed by atoms with Crippen LogP contribution in [0.1, 0.15) is 44.9 Å². The van der Waals surface area contributed by atoms with Gasteiger partial charge in [-0.05, 0) is 12.8 Å². The van der Waals surface area contributed by atoms with Gasteiger partial charge in [-0.15, -0.1) is 0 Å². The predicted octanol–water partition coefficient (Wildman–Crippen LogP) is 3.08. The van der Waals surface area contributed by atoms with Crippen molar-refractivity contribution in [1.82, 2.24) is 0 Å². The normalized spacial score (nSPS) is 10.5. The van der Waals surface area contributed by atoms with Crippen molar-refractivity contribution in [2.45, 2.75) is 44.9 Å². The van der Waals surface area contributed by atoms with E-state index in [1.807, 2.05) is 23.0 Å². The SMILES string of the molecule is OCCCCCCCCCOI. The second-order valence-electron chi connectivity index (χ2n) is 3.01. The molecule has 12 heavy (non-hydrogen) atoms. The first-order chi connectivity index (χ1) is 5.91. The van der Waals surface area contributed by atoms with Gasteiger partial charge in [0.1, 0.15) is 23.0 Å². The lowest BCUT2D eigenvalue weighted by molar-refractivity contribution is 0.282. The molecule has 0 atom stereocenters. The summed E-state index contributed by atoms with van der Waals surface area (Å²) in [5.74, 6) is 0. The summed E-state index contributed by atoms with van der Waals surface area (Å²) in [5.41, 5.74) is 0. The molecule has 0 aromatic heterocycles. The molecule has 0 saturated heterocycles. The van der Waals surface area contributed by atoms with Crippen LogP contribution < -0.4 is 0 Å². The Hall–Kier alpha value is 0.650. The molecule has 0 fully saturated rings. The fourth-order valence-electron chi connectivity index (χ4n) is 1.15. The molecule has 0 aromatic rings. The number of aliphatic hydroxyl groups excluding tert-OH is 1. The first-order valence-corrected chi connectivity index (χ1v) is 5.64. The summed E-state index contributed by atoms with van der Waals surface area (Å²) in [6, 6.07) is 0. The van der Waals surface area contributed by atoms with Crippen LogP contribution in [-0.4, -0.2) is 18.3 Å². The molecule has 0 amide bonds. The molecule has 74 valence electrons. The summed E-state index contributed by atoms with van der Waals surface area (Å²) < 4.78 is 4.92. The Balaban J connectivity index is 2.73. The highest BCUT2D eigenvalue weighted by Gasteiger charge is 1.90. The molecule has 0 saturated carbocycles. The molecule has 0 aliphatic carbocycles. The van der Waals surface area contributed by atoms with Gasteiger partial charge in [0.15, 0.2) is 0 Å². The van der Waals surface area contributed by atoms with E-state index in [4.69, 9.17) is 8.17 Å². The van der Waals surface area contributed by atoms with Gasteiger partial charge in [0.2, 0.25) is 0 Å². The maximum atomic E-state index is 8.52. The Bertz CT molecular complexity index is 68.9. The van der Waals surface area contributed by atoms with Crippen LogP contribution in [0.3, 0.4) is 0 Å². The minimum atomic E-state index is 0.350. The fraction of sp³-hybridized carbons (Fsp3) is 1.00. The van der Waals surface area contributed by atoms with Gasteiger partial charge in [0, 0.05) is 6.61 Å². The topological polar surface area (TPSA) is 29.5 Å². The molecule has 3 heteroatoms. The third kappa shape index (κ3) is 10.7. The number of halogens is 1. The monoisotopic (exact) mass is 286 g/mol. The van der Waals surface area contributed by atoms with Crippen molar-refractivity contribution >= 4 is 23.0 Å². The van der Waals surface area contributed by atoms with Gasteiger partial charge in [-0.2, -0.15) is 0 Å². The zero-order chi connectivity index (χ0) is 9.07. The van der Waals surface area contributed by atoms with E-state index in [-0.39, 0.29) is 0 Å². The Morgan fingerprint density at radius 3 is 1.83 bits per heavy atom. The molecule has 0 aliphatic rings. The second-order valence-corrected chi connectivity index (χ2v) is 3.63. The maximum Gasteiger partial charge on any atom is 0.109 e. The molecule has 0 radical (unpaired) electrons. The summed E-state index contributed by atoms with van der Waals surface area (Å²) >= 11 is 1.94. The smallest absolute Gasteiger partial charge is 0.109 e. The lowest BCUT2D eigenvalue weighted by Crippen LogP contribution is -1.86. The van der Waals surface area contributed by atoms with Crippen molar-refractivity contribution in [2.75, 3.05) is 13.2 Å². The van der Waals surface area contributed by atoms with Crippen molar-refractivity contribution < 1.29 is 8.17 Å². The number of hydrogen-bond acceptors (Lipinski definition) is 2. The third-order valence-electron chi connectivity index (χ3n) is 1.88. The Kier molecular flexibility index (Phi) is 12.3. The molecule has 0 aliphatic heterocycles. The maximum absolute atomic E-state index is 8.52. The molecule has 0 aromatic carbocycles. The van der Waals surface area contributed by atoms with E-state index in [0.717, 1.165) is 13.0 Å². The van der Waals surface area contributed by atoms with Crippen LogP contribution >= 0.6 is 23.0 Å². The van der Waals surface area contributed by atoms with E-state index in [2.05, 4.69) is 0 Å². The van der Waals surface area contributed by atoms with E-state index < -0.39 is 0 Å². The van der Waals surface area contributed by atoms with Gasteiger partial charge in [-0.25, -0.2) is 0 Å². The average molecular weight is 286 g/mol. The van der Waals surface area contributed by atoms with Crippen LogP contribution in [0.25, 0.3) is 0 Å². The highest BCUT2D eigenvalue weighted by molar-refractivity contribution is 14.1. The van der Waals surface area contributed by atoms with E-state index in [9.17, 15) is 0 Å². The van der Waals surface area contributed by atoms with Crippen molar-refractivity contribution in [3.8, 4) is 0 Å².